The molecule has 136 valence electrons. The highest BCUT2D eigenvalue weighted by Crippen LogP contribution is 2.47. The molecule has 0 N–H and O–H groups in total. The van der Waals surface area contributed by atoms with Crippen molar-refractivity contribution in [2.75, 3.05) is 44.2 Å². The van der Waals surface area contributed by atoms with E-state index < -0.39 is 0 Å². The minimum absolute atomic E-state index is 0.841. The number of likely N-dealkylation sites (tertiary alicyclic amines) is 1. The molecule has 0 spiro atoms. The lowest BCUT2D eigenvalue weighted by molar-refractivity contribution is 0.0618. The minimum Gasteiger partial charge on any atom is -0.369 e. The molecule has 0 amide bonds. The van der Waals surface area contributed by atoms with Crippen LogP contribution in [0.25, 0.3) is 0 Å². The minimum atomic E-state index is 0.841. The molecule has 2 aliphatic carbocycles. The second-order valence-corrected chi connectivity index (χ2v) is 8.87. The number of hydrogen-bond donors (Lipinski definition) is 0. The molecule has 3 heteroatoms. The zero-order valence-corrected chi connectivity index (χ0v) is 15.5. The second kappa shape index (κ2) is 6.92. The predicted molar refractivity (Wildman–Crippen MR) is 104 cm³/mol. The number of benzene rings is 1. The SMILES string of the molecule is c1ccc(N2CCN(C3CCN([C@H]4C[C@H]5CC[C@@H]4C5)CC3)CC2)cc1. The van der Waals surface area contributed by atoms with Gasteiger partial charge in [-0.1, -0.05) is 24.6 Å². The molecular formula is C22H33N3. The van der Waals surface area contributed by atoms with Gasteiger partial charge in [-0.05, 0) is 69.2 Å². The lowest BCUT2D eigenvalue weighted by Gasteiger charge is -2.45. The van der Waals surface area contributed by atoms with Crippen molar-refractivity contribution in [2.45, 2.75) is 50.6 Å². The first-order chi connectivity index (χ1) is 12.4. The highest BCUT2D eigenvalue weighted by molar-refractivity contribution is 5.46. The Morgan fingerprint density at radius 3 is 2.08 bits per heavy atom. The Labute approximate surface area is 153 Å². The van der Waals surface area contributed by atoms with Gasteiger partial charge in [0.05, 0.1) is 0 Å². The summed E-state index contributed by atoms with van der Waals surface area (Å²) in [6, 6.07) is 12.7. The van der Waals surface area contributed by atoms with E-state index in [1.54, 1.807) is 6.42 Å². The summed E-state index contributed by atoms with van der Waals surface area (Å²) in [4.78, 5) is 8.22. The highest BCUT2D eigenvalue weighted by atomic mass is 15.3. The summed E-state index contributed by atoms with van der Waals surface area (Å²) in [7, 11) is 0. The number of anilines is 1. The number of rotatable bonds is 3. The molecule has 5 rings (SSSR count). The molecule has 0 aromatic heterocycles. The van der Waals surface area contributed by atoms with Crippen LogP contribution in [0, 0.1) is 11.8 Å². The number of piperidine rings is 1. The molecule has 2 saturated carbocycles. The van der Waals surface area contributed by atoms with Crippen molar-refractivity contribution in [1.82, 2.24) is 9.80 Å². The number of hydrogen-bond acceptors (Lipinski definition) is 3. The number of nitrogens with zero attached hydrogens (tertiary/aromatic N) is 3. The van der Waals surface area contributed by atoms with Gasteiger partial charge in [-0.2, -0.15) is 0 Å². The van der Waals surface area contributed by atoms with Gasteiger partial charge in [-0.3, -0.25) is 9.80 Å². The number of para-hydroxylation sites is 1. The third kappa shape index (κ3) is 3.21. The fourth-order valence-electron chi connectivity index (χ4n) is 6.23. The van der Waals surface area contributed by atoms with Crippen LogP contribution in [0.3, 0.4) is 0 Å². The standard InChI is InChI=1S/C22H33N3/c1-2-4-20(5-3-1)23-12-14-24(15-13-23)21-8-10-25(11-9-21)22-17-18-6-7-19(22)16-18/h1-5,18-19,21-22H,6-17H2/t18-,19+,22-/m0/s1. The molecule has 0 unspecified atom stereocenters. The van der Waals surface area contributed by atoms with Crippen molar-refractivity contribution in [3.63, 3.8) is 0 Å². The van der Waals surface area contributed by atoms with Crippen LogP contribution in [-0.2, 0) is 0 Å². The molecule has 0 radical (unpaired) electrons. The average molecular weight is 340 g/mol. The van der Waals surface area contributed by atoms with Gasteiger partial charge < -0.3 is 4.90 Å². The van der Waals surface area contributed by atoms with Crippen molar-refractivity contribution < 1.29 is 0 Å². The Bertz CT molecular complexity index is 558. The first kappa shape index (κ1) is 16.1. The van der Waals surface area contributed by atoms with E-state index in [0.29, 0.717) is 0 Å². The van der Waals surface area contributed by atoms with Gasteiger partial charge >= 0.3 is 0 Å². The Morgan fingerprint density at radius 1 is 0.680 bits per heavy atom. The lowest BCUT2D eigenvalue weighted by atomic mass is 9.91. The van der Waals surface area contributed by atoms with Gasteiger partial charge in [-0.15, -0.1) is 0 Å². The number of piperazine rings is 1. The zero-order chi connectivity index (χ0) is 16.6. The van der Waals surface area contributed by atoms with Crippen molar-refractivity contribution in [1.29, 1.82) is 0 Å². The molecule has 2 heterocycles. The Morgan fingerprint density at radius 2 is 1.44 bits per heavy atom. The first-order valence-corrected chi connectivity index (χ1v) is 10.6. The number of fused-ring (bicyclic) bond motifs is 2. The molecule has 25 heavy (non-hydrogen) atoms. The molecule has 3 atom stereocenters. The molecule has 2 saturated heterocycles. The van der Waals surface area contributed by atoms with E-state index >= 15 is 0 Å². The first-order valence-electron chi connectivity index (χ1n) is 10.6. The summed E-state index contributed by atoms with van der Waals surface area (Å²) in [6.07, 6.45) is 8.93. The summed E-state index contributed by atoms with van der Waals surface area (Å²) in [5, 5.41) is 0. The maximum Gasteiger partial charge on any atom is 0.0367 e. The van der Waals surface area contributed by atoms with Gasteiger partial charge in [0, 0.05) is 44.0 Å². The van der Waals surface area contributed by atoms with E-state index in [1.165, 1.54) is 77.1 Å². The quantitative estimate of drug-likeness (QED) is 0.835. The van der Waals surface area contributed by atoms with Crippen LogP contribution in [0.5, 0.6) is 0 Å². The molecule has 4 fully saturated rings. The second-order valence-electron chi connectivity index (χ2n) is 8.87. The van der Waals surface area contributed by atoms with Crippen molar-refractivity contribution in [3.05, 3.63) is 30.3 Å². The zero-order valence-electron chi connectivity index (χ0n) is 15.5. The van der Waals surface area contributed by atoms with Crippen LogP contribution in [0.15, 0.2) is 30.3 Å². The van der Waals surface area contributed by atoms with Gasteiger partial charge in [0.25, 0.3) is 0 Å². The summed E-state index contributed by atoms with van der Waals surface area (Å²) in [5.74, 6) is 2.13. The summed E-state index contributed by atoms with van der Waals surface area (Å²) >= 11 is 0. The molecule has 1 aromatic carbocycles. The van der Waals surface area contributed by atoms with Crippen LogP contribution in [0.4, 0.5) is 5.69 Å². The van der Waals surface area contributed by atoms with Crippen molar-refractivity contribution in [2.24, 2.45) is 11.8 Å². The smallest absolute Gasteiger partial charge is 0.0367 e. The van der Waals surface area contributed by atoms with Crippen LogP contribution in [0.2, 0.25) is 0 Å². The molecule has 2 aliphatic heterocycles. The highest BCUT2D eigenvalue weighted by Gasteiger charge is 2.43. The third-order valence-corrected chi connectivity index (χ3v) is 7.62. The van der Waals surface area contributed by atoms with Crippen LogP contribution < -0.4 is 4.90 Å². The van der Waals surface area contributed by atoms with Crippen molar-refractivity contribution >= 4 is 5.69 Å². The van der Waals surface area contributed by atoms with E-state index in [-0.39, 0.29) is 0 Å². The van der Waals surface area contributed by atoms with E-state index in [9.17, 15) is 0 Å². The van der Waals surface area contributed by atoms with E-state index in [1.807, 2.05) is 0 Å². The van der Waals surface area contributed by atoms with E-state index in [4.69, 9.17) is 0 Å². The summed E-state index contributed by atoms with van der Waals surface area (Å²) < 4.78 is 0. The fraction of sp³-hybridized carbons (Fsp3) is 0.727. The van der Waals surface area contributed by atoms with Crippen LogP contribution >= 0.6 is 0 Å². The molecule has 3 nitrogen and oxygen atoms in total. The lowest BCUT2D eigenvalue weighted by Crippen LogP contribution is -2.54. The third-order valence-electron chi connectivity index (χ3n) is 7.62. The van der Waals surface area contributed by atoms with E-state index in [0.717, 1.165) is 23.9 Å². The monoisotopic (exact) mass is 339 g/mol. The fourth-order valence-corrected chi connectivity index (χ4v) is 6.23. The molecule has 4 aliphatic rings. The maximum atomic E-state index is 2.88. The van der Waals surface area contributed by atoms with Gasteiger partial charge in [-0.25, -0.2) is 0 Å². The Hall–Kier alpha value is -1.06. The van der Waals surface area contributed by atoms with Crippen LogP contribution in [-0.4, -0.2) is 61.2 Å². The largest absolute Gasteiger partial charge is 0.369 e. The molecular weight excluding hydrogens is 306 g/mol. The Kier molecular flexibility index (Phi) is 4.47. The van der Waals surface area contributed by atoms with Crippen molar-refractivity contribution in [3.8, 4) is 0 Å². The molecule has 2 bridgehead atoms. The van der Waals surface area contributed by atoms with Gasteiger partial charge in [0.1, 0.15) is 0 Å². The average Bonchev–Trinajstić information content (AvgIpc) is 3.33. The summed E-state index contributed by atoms with van der Waals surface area (Å²) in [6.45, 7) is 7.59. The van der Waals surface area contributed by atoms with E-state index in [2.05, 4.69) is 45.0 Å². The predicted octanol–water partition coefficient (Wildman–Crippen LogP) is 3.46. The van der Waals surface area contributed by atoms with Gasteiger partial charge in [0.15, 0.2) is 0 Å². The topological polar surface area (TPSA) is 9.72 Å². The normalized spacial score (nSPS) is 34.7. The molecule has 1 aromatic rings. The maximum absolute atomic E-state index is 2.88. The summed E-state index contributed by atoms with van der Waals surface area (Å²) in [5.41, 5.74) is 1.40. The Balaban J connectivity index is 1.11. The van der Waals surface area contributed by atoms with Crippen LogP contribution in [0.1, 0.15) is 38.5 Å². The van der Waals surface area contributed by atoms with Gasteiger partial charge in [0.2, 0.25) is 0 Å².